The molecule has 1 saturated carbocycles. The lowest BCUT2D eigenvalue weighted by Gasteiger charge is -2.29. The molecule has 1 unspecified atom stereocenters. The Hall–Kier alpha value is -2.14. The van der Waals surface area contributed by atoms with Gasteiger partial charge in [0.05, 0.1) is 16.3 Å². The molecule has 0 bridgehead atoms. The zero-order chi connectivity index (χ0) is 20.6. The molecule has 1 aliphatic carbocycles. The van der Waals surface area contributed by atoms with Crippen molar-refractivity contribution in [1.82, 2.24) is 9.03 Å². The lowest BCUT2D eigenvalue weighted by Crippen LogP contribution is -2.41. The Kier molecular flexibility index (Phi) is 5.28. The maximum atomic E-state index is 12.9. The highest BCUT2D eigenvalue weighted by molar-refractivity contribution is 7.89. The van der Waals surface area contributed by atoms with Gasteiger partial charge in [-0.25, -0.2) is 21.6 Å². The van der Waals surface area contributed by atoms with Crippen LogP contribution in [0.25, 0.3) is 0 Å². The van der Waals surface area contributed by atoms with Gasteiger partial charge in [-0.15, -0.1) is 0 Å². The average Bonchev–Trinajstić information content (AvgIpc) is 3.51. The summed E-state index contributed by atoms with van der Waals surface area (Å²) in [5, 5.41) is 0. The average molecular weight is 439 g/mol. The molecule has 2 aliphatic rings. The van der Waals surface area contributed by atoms with Crippen molar-refractivity contribution >= 4 is 20.0 Å². The predicted octanol–water partition coefficient (Wildman–Crippen LogP) is 1.59. The fourth-order valence-electron chi connectivity index (χ4n) is 3.00. The molecule has 0 amide bonds. The topological polar surface area (TPSA) is 102 Å². The molecule has 4 rings (SSSR count). The number of likely N-dealkylation sites (N-methyl/N-ethyl adjacent to an activating group) is 1. The van der Waals surface area contributed by atoms with E-state index >= 15 is 0 Å². The lowest BCUT2D eigenvalue weighted by molar-refractivity contribution is 0.0798. The molecule has 1 aliphatic heterocycles. The van der Waals surface area contributed by atoms with Crippen LogP contribution in [0.4, 0.5) is 0 Å². The number of nitrogens with one attached hydrogen (secondary N) is 1. The van der Waals surface area contributed by atoms with Gasteiger partial charge in [-0.3, -0.25) is 0 Å². The highest BCUT2D eigenvalue weighted by atomic mass is 32.2. The van der Waals surface area contributed by atoms with E-state index in [1.165, 1.54) is 35.6 Å². The van der Waals surface area contributed by atoms with Gasteiger partial charge in [-0.2, -0.15) is 4.31 Å². The monoisotopic (exact) mass is 438 g/mol. The molecule has 8 nitrogen and oxygen atoms in total. The van der Waals surface area contributed by atoms with Gasteiger partial charge in [0.15, 0.2) is 11.5 Å². The van der Waals surface area contributed by atoms with Crippen LogP contribution in [0.3, 0.4) is 0 Å². The van der Waals surface area contributed by atoms with Crippen LogP contribution in [-0.4, -0.2) is 53.5 Å². The Labute approximate surface area is 170 Å². The molecule has 0 aromatic heterocycles. The van der Waals surface area contributed by atoms with Crippen molar-refractivity contribution in [2.75, 3.05) is 20.2 Å². The van der Waals surface area contributed by atoms with Crippen LogP contribution in [0, 0.1) is 0 Å². The summed E-state index contributed by atoms with van der Waals surface area (Å²) in [6.07, 6.45) is 1.20. The smallest absolute Gasteiger partial charge is 0.242 e. The van der Waals surface area contributed by atoms with Crippen molar-refractivity contribution in [3.63, 3.8) is 0 Å². The van der Waals surface area contributed by atoms with E-state index in [0.717, 1.165) is 12.8 Å². The van der Waals surface area contributed by atoms with Gasteiger partial charge in [0.25, 0.3) is 0 Å². The molecule has 1 atom stereocenters. The number of benzene rings is 2. The Morgan fingerprint density at radius 1 is 0.966 bits per heavy atom. The van der Waals surface area contributed by atoms with Gasteiger partial charge >= 0.3 is 0 Å². The second-order valence-corrected chi connectivity index (χ2v) is 10.9. The number of rotatable bonds is 7. The van der Waals surface area contributed by atoms with Gasteiger partial charge < -0.3 is 9.47 Å². The van der Waals surface area contributed by atoms with Crippen molar-refractivity contribution in [2.24, 2.45) is 0 Å². The van der Waals surface area contributed by atoms with Crippen LogP contribution >= 0.6 is 0 Å². The minimum atomic E-state index is -3.81. The molecule has 10 heteroatoms. The summed E-state index contributed by atoms with van der Waals surface area (Å²) < 4.78 is 65.4. The normalized spacial score (nSPS) is 19.3. The van der Waals surface area contributed by atoms with E-state index in [1.807, 2.05) is 12.1 Å². The van der Waals surface area contributed by atoms with Gasteiger partial charge in [-0.1, -0.05) is 12.1 Å². The fourth-order valence-corrected chi connectivity index (χ4v) is 5.50. The molecule has 0 saturated heterocycles. The molecule has 29 heavy (non-hydrogen) atoms. The molecule has 1 fully saturated rings. The maximum absolute atomic E-state index is 12.9. The number of ether oxygens (including phenoxy) is 2. The summed E-state index contributed by atoms with van der Waals surface area (Å²) >= 11 is 0. The molecule has 0 spiro atoms. The van der Waals surface area contributed by atoms with E-state index < -0.39 is 26.2 Å². The molecule has 1 heterocycles. The molecule has 0 radical (unpaired) electrons. The van der Waals surface area contributed by atoms with Gasteiger partial charge in [0, 0.05) is 13.1 Å². The van der Waals surface area contributed by atoms with E-state index in [1.54, 1.807) is 12.1 Å². The predicted molar refractivity (Wildman–Crippen MR) is 106 cm³/mol. The Balaban J connectivity index is 1.45. The van der Waals surface area contributed by atoms with Gasteiger partial charge in [-0.05, 0) is 49.2 Å². The van der Waals surface area contributed by atoms with Crippen LogP contribution < -0.4 is 14.2 Å². The number of sulfonamides is 2. The lowest BCUT2D eigenvalue weighted by atomic mass is 10.2. The van der Waals surface area contributed by atoms with E-state index in [9.17, 15) is 16.8 Å². The largest absolute Gasteiger partial charge is 0.486 e. The summed E-state index contributed by atoms with van der Waals surface area (Å²) in [5.74, 6) is 1.21. The quantitative estimate of drug-likeness (QED) is 0.704. The number of nitrogens with zero attached hydrogens (tertiary/aromatic N) is 1. The minimum Gasteiger partial charge on any atom is -0.486 e. The summed E-state index contributed by atoms with van der Waals surface area (Å²) in [6, 6.07) is 12.4. The summed E-state index contributed by atoms with van der Waals surface area (Å²) in [7, 11) is -5.97. The van der Waals surface area contributed by atoms with Crippen LogP contribution in [0.1, 0.15) is 12.8 Å². The zero-order valence-electron chi connectivity index (χ0n) is 15.8. The third-order valence-electron chi connectivity index (χ3n) is 4.77. The Morgan fingerprint density at radius 3 is 2.24 bits per heavy atom. The van der Waals surface area contributed by atoms with Crippen molar-refractivity contribution in [3.8, 4) is 11.5 Å². The van der Waals surface area contributed by atoms with E-state index in [2.05, 4.69) is 4.72 Å². The number of fused-ring (bicyclic) bond motifs is 1. The Bertz CT molecular complexity index is 1100. The van der Waals surface area contributed by atoms with Gasteiger partial charge in [0.2, 0.25) is 20.0 Å². The molecule has 2 aromatic rings. The van der Waals surface area contributed by atoms with Crippen molar-refractivity contribution in [1.29, 1.82) is 0 Å². The van der Waals surface area contributed by atoms with E-state index in [4.69, 9.17) is 9.47 Å². The Morgan fingerprint density at radius 2 is 1.59 bits per heavy atom. The van der Waals surface area contributed by atoms with Crippen molar-refractivity contribution < 1.29 is 26.3 Å². The maximum Gasteiger partial charge on any atom is 0.242 e. The summed E-state index contributed by atoms with van der Waals surface area (Å²) in [5.41, 5.74) is 0. The summed E-state index contributed by atoms with van der Waals surface area (Å²) in [6.45, 7) is 0.334. The molecular formula is C19H22N2O6S2. The molecule has 156 valence electrons. The second-order valence-electron chi connectivity index (χ2n) is 7.15. The van der Waals surface area contributed by atoms with Crippen LogP contribution in [0.5, 0.6) is 11.5 Å². The first-order valence-electron chi connectivity index (χ1n) is 9.23. The first-order valence-corrected chi connectivity index (χ1v) is 12.2. The number of para-hydroxylation sites is 2. The third kappa shape index (κ3) is 4.40. The van der Waals surface area contributed by atoms with E-state index in [-0.39, 0.29) is 29.0 Å². The highest BCUT2D eigenvalue weighted by Gasteiger charge is 2.30. The minimum absolute atomic E-state index is 0.0162. The van der Waals surface area contributed by atoms with Crippen LogP contribution in [0.2, 0.25) is 0 Å². The first kappa shape index (κ1) is 20.1. The van der Waals surface area contributed by atoms with Crippen molar-refractivity contribution in [3.05, 3.63) is 48.5 Å². The standard InChI is InChI=1S/C19H22N2O6S2/c1-21(12-15-13-26-18-4-2-3-5-19(18)27-15)29(24,25)17-10-8-16(9-11-17)28(22,23)20-14-6-7-14/h2-5,8-11,14-15,20H,6-7,12-13H2,1H3. The SMILES string of the molecule is CN(CC1COc2ccccc2O1)S(=O)(=O)c1ccc(S(=O)(=O)NC2CC2)cc1. The molecular weight excluding hydrogens is 416 g/mol. The van der Waals surface area contributed by atoms with Crippen molar-refractivity contribution in [2.45, 2.75) is 34.8 Å². The van der Waals surface area contributed by atoms with E-state index in [0.29, 0.717) is 11.5 Å². The third-order valence-corrected chi connectivity index (χ3v) is 8.14. The molecule has 1 N–H and O–H groups in total. The van der Waals surface area contributed by atoms with Crippen LogP contribution in [-0.2, 0) is 20.0 Å². The zero-order valence-corrected chi connectivity index (χ0v) is 17.4. The highest BCUT2D eigenvalue weighted by Crippen LogP contribution is 2.31. The van der Waals surface area contributed by atoms with Gasteiger partial charge in [0.1, 0.15) is 12.7 Å². The number of hydrogen-bond donors (Lipinski definition) is 1. The van der Waals surface area contributed by atoms with Crippen LogP contribution in [0.15, 0.2) is 58.3 Å². The summed E-state index contributed by atoms with van der Waals surface area (Å²) in [4.78, 5) is 0.0640. The second kappa shape index (κ2) is 7.60. The first-order chi connectivity index (χ1) is 13.8. The number of hydrogen-bond acceptors (Lipinski definition) is 6. The molecule has 2 aromatic carbocycles. The fraction of sp³-hybridized carbons (Fsp3) is 0.368.